The third-order valence-corrected chi connectivity index (χ3v) is 6.98. The third kappa shape index (κ3) is 1.82. The average Bonchev–Trinajstić information content (AvgIpc) is 2.74. The summed E-state index contributed by atoms with van der Waals surface area (Å²) < 4.78 is 0. The molecule has 0 amide bonds. The monoisotopic (exact) mass is 288 g/mol. The Hall–Kier alpha value is -0.960. The fourth-order valence-electron chi connectivity index (χ4n) is 6.03. The summed E-state index contributed by atoms with van der Waals surface area (Å²) in [4.78, 5) is 24.0. The number of aliphatic hydroxyl groups is 1. The minimum atomic E-state index is -0.375. The van der Waals surface area contributed by atoms with Gasteiger partial charge >= 0.3 is 0 Å². The predicted molar refractivity (Wildman–Crippen MR) is 78.5 cm³/mol. The molecule has 0 aromatic heterocycles. The first-order chi connectivity index (χ1) is 10.0. The largest absolute Gasteiger partial charge is 0.393 e. The molecule has 3 nitrogen and oxygen atoms in total. The van der Waals surface area contributed by atoms with Crippen LogP contribution in [-0.4, -0.2) is 22.8 Å². The molecule has 0 bridgehead atoms. The molecule has 4 aliphatic carbocycles. The highest BCUT2D eigenvalue weighted by Gasteiger charge is 2.59. The van der Waals surface area contributed by atoms with Crippen molar-refractivity contribution in [3.63, 3.8) is 0 Å². The van der Waals surface area contributed by atoms with Crippen molar-refractivity contribution in [3.8, 4) is 0 Å². The highest BCUT2D eigenvalue weighted by molar-refractivity contribution is 5.91. The summed E-state index contributed by atoms with van der Waals surface area (Å²) in [5.74, 6) is 2.22. The molecule has 4 rings (SSSR count). The molecule has 0 saturated heterocycles. The van der Waals surface area contributed by atoms with Gasteiger partial charge < -0.3 is 5.11 Å². The van der Waals surface area contributed by atoms with Crippen LogP contribution in [0.3, 0.4) is 0 Å². The van der Waals surface area contributed by atoms with E-state index in [0.29, 0.717) is 42.8 Å². The fraction of sp³-hybridized carbons (Fsp3) is 0.778. The number of rotatable bonds is 0. The standard InChI is InChI=1S/C18H24O3/c1-18-9-15(20)17-12-5-3-11(19)8-10(12)2-4-13(17)14(18)6-7-16(18)21/h8,12-15,17,20H,2-7,9H2,1H3/t12-,13?,14?,15+,17?,18-/m0/s1. The molecule has 0 heterocycles. The Labute approximate surface area is 125 Å². The maximum absolute atomic E-state index is 12.3. The van der Waals surface area contributed by atoms with Crippen LogP contribution in [0.4, 0.5) is 0 Å². The number of carbonyl (C=O) groups excluding carboxylic acids is 2. The summed E-state index contributed by atoms with van der Waals surface area (Å²) in [6.45, 7) is 2.09. The summed E-state index contributed by atoms with van der Waals surface area (Å²) in [5, 5.41) is 10.8. The minimum absolute atomic E-state index is 0.255. The Morgan fingerprint density at radius 3 is 2.76 bits per heavy atom. The van der Waals surface area contributed by atoms with Crippen LogP contribution in [0.5, 0.6) is 0 Å². The van der Waals surface area contributed by atoms with Gasteiger partial charge in [0.25, 0.3) is 0 Å². The van der Waals surface area contributed by atoms with E-state index < -0.39 is 0 Å². The normalized spacial score (nSPS) is 49.2. The van der Waals surface area contributed by atoms with Gasteiger partial charge in [-0.2, -0.15) is 0 Å². The van der Waals surface area contributed by atoms with Crippen molar-refractivity contribution in [3.05, 3.63) is 11.6 Å². The highest BCUT2D eigenvalue weighted by Crippen LogP contribution is 2.60. The Balaban J connectivity index is 1.70. The zero-order chi connectivity index (χ0) is 14.8. The maximum Gasteiger partial charge on any atom is 0.155 e. The van der Waals surface area contributed by atoms with E-state index in [1.54, 1.807) is 0 Å². The van der Waals surface area contributed by atoms with Crippen molar-refractivity contribution in [2.45, 2.75) is 58.0 Å². The predicted octanol–water partition coefficient (Wildman–Crippen LogP) is 2.67. The highest BCUT2D eigenvalue weighted by atomic mass is 16.3. The zero-order valence-corrected chi connectivity index (χ0v) is 12.7. The number of carbonyl (C=O) groups is 2. The molecule has 0 aromatic rings. The topological polar surface area (TPSA) is 54.4 Å². The van der Waals surface area contributed by atoms with Crippen LogP contribution in [0.2, 0.25) is 0 Å². The lowest BCUT2D eigenvalue weighted by Crippen LogP contribution is -2.53. The Morgan fingerprint density at radius 2 is 1.95 bits per heavy atom. The van der Waals surface area contributed by atoms with Crippen molar-refractivity contribution < 1.29 is 14.7 Å². The van der Waals surface area contributed by atoms with Crippen molar-refractivity contribution in [2.75, 3.05) is 0 Å². The van der Waals surface area contributed by atoms with Crippen molar-refractivity contribution >= 4 is 11.6 Å². The summed E-state index contributed by atoms with van der Waals surface area (Å²) in [5.41, 5.74) is 0.992. The van der Waals surface area contributed by atoms with Crippen LogP contribution in [-0.2, 0) is 9.59 Å². The number of allylic oxidation sites excluding steroid dienone is 1. The Kier molecular flexibility index (Phi) is 2.94. The molecule has 3 saturated carbocycles. The van der Waals surface area contributed by atoms with Gasteiger partial charge in [-0.25, -0.2) is 0 Å². The fourth-order valence-corrected chi connectivity index (χ4v) is 6.03. The molecule has 21 heavy (non-hydrogen) atoms. The van der Waals surface area contributed by atoms with Crippen LogP contribution in [0.1, 0.15) is 51.9 Å². The molecule has 3 heteroatoms. The quantitative estimate of drug-likeness (QED) is 0.745. The molecule has 114 valence electrons. The van der Waals surface area contributed by atoms with E-state index in [9.17, 15) is 14.7 Å². The second-order valence-electron chi connectivity index (χ2n) is 7.87. The van der Waals surface area contributed by atoms with E-state index in [2.05, 4.69) is 6.92 Å². The number of fused-ring (bicyclic) bond motifs is 5. The zero-order valence-electron chi connectivity index (χ0n) is 12.7. The van der Waals surface area contributed by atoms with Gasteiger partial charge in [-0.1, -0.05) is 12.5 Å². The smallest absolute Gasteiger partial charge is 0.155 e. The van der Waals surface area contributed by atoms with E-state index in [4.69, 9.17) is 0 Å². The molecule has 0 aromatic carbocycles. The first-order valence-electron chi connectivity index (χ1n) is 8.45. The maximum atomic E-state index is 12.3. The minimum Gasteiger partial charge on any atom is -0.393 e. The SMILES string of the molecule is C[C@]12C[C@@H](O)C3C(CCC4=CC(=O)CC[C@@H]43)C1CCC2=O. The Morgan fingerprint density at radius 1 is 1.14 bits per heavy atom. The number of aliphatic hydroxyl groups excluding tert-OH is 1. The van der Waals surface area contributed by atoms with Gasteiger partial charge in [-0.05, 0) is 61.9 Å². The van der Waals surface area contributed by atoms with Crippen LogP contribution < -0.4 is 0 Å². The molecule has 0 aliphatic heterocycles. The van der Waals surface area contributed by atoms with Gasteiger partial charge in [0.05, 0.1) is 6.10 Å². The van der Waals surface area contributed by atoms with Gasteiger partial charge in [-0.3, -0.25) is 9.59 Å². The van der Waals surface area contributed by atoms with Crippen molar-refractivity contribution in [1.82, 2.24) is 0 Å². The van der Waals surface area contributed by atoms with Crippen LogP contribution in [0.25, 0.3) is 0 Å². The molecule has 0 spiro atoms. The average molecular weight is 288 g/mol. The summed E-state index contributed by atoms with van der Waals surface area (Å²) >= 11 is 0. The van der Waals surface area contributed by atoms with Gasteiger partial charge in [0, 0.05) is 18.3 Å². The van der Waals surface area contributed by atoms with E-state index in [1.807, 2.05) is 6.08 Å². The molecular formula is C18H24O3. The van der Waals surface area contributed by atoms with E-state index in [1.165, 1.54) is 5.57 Å². The number of hydrogen-bond donors (Lipinski definition) is 1. The lowest BCUT2D eigenvalue weighted by molar-refractivity contribution is -0.140. The van der Waals surface area contributed by atoms with Crippen LogP contribution in [0.15, 0.2) is 11.6 Å². The Bertz CT molecular complexity index is 535. The second-order valence-corrected chi connectivity index (χ2v) is 7.87. The lowest BCUT2D eigenvalue weighted by atomic mass is 9.51. The van der Waals surface area contributed by atoms with Gasteiger partial charge in [0.15, 0.2) is 5.78 Å². The summed E-state index contributed by atoms with van der Waals surface area (Å²) in [7, 11) is 0. The molecule has 4 aliphatic rings. The number of Topliss-reactive ketones (excluding diaryl/α,β-unsaturated/α-hetero) is 1. The second kappa shape index (κ2) is 4.52. The lowest BCUT2D eigenvalue weighted by Gasteiger charge is -2.54. The summed E-state index contributed by atoms with van der Waals surface area (Å²) in [6, 6.07) is 0. The molecule has 3 fully saturated rings. The van der Waals surface area contributed by atoms with E-state index in [0.717, 1.165) is 25.7 Å². The molecule has 1 N–H and O–H groups in total. The molecule has 3 unspecified atom stereocenters. The van der Waals surface area contributed by atoms with Gasteiger partial charge in [0.1, 0.15) is 5.78 Å². The van der Waals surface area contributed by atoms with E-state index in [-0.39, 0.29) is 23.2 Å². The molecule has 0 radical (unpaired) electrons. The van der Waals surface area contributed by atoms with Crippen molar-refractivity contribution in [1.29, 1.82) is 0 Å². The first-order valence-corrected chi connectivity index (χ1v) is 8.45. The van der Waals surface area contributed by atoms with Crippen LogP contribution in [0, 0.1) is 29.1 Å². The van der Waals surface area contributed by atoms with E-state index >= 15 is 0 Å². The summed E-state index contributed by atoms with van der Waals surface area (Å²) in [6.07, 6.45) is 7.39. The number of ketones is 2. The van der Waals surface area contributed by atoms with Gasteiger partial charge in [-0.15, -0.1) is 0 Å². The first kappa shape index (κ1) is 13.7. The van der Waals surface area contributed by atoms with Crippen LogP contribution >= 0.6 is 0 Å². The number of hydrogen-bond acceptors (Lipinski definition) is 3. The molecule has 6 atom stereocenters. The molecular weight excluding hydrogens is 264 g/mol. The third-order valence-electron chi connectivity index (χ3n) is 6.98. The van der Waals surface area contributed by atoms with Crippen molar-refractivity contribution in [2.24, 2.45) is 29.1 Å². The van der Waals surface area contributed by atoms with Gasteiger partial charge in [0.2, 0.25) is 0 Å².